The molecule has 0 aliphatic rings. The third-order valence-electron chi connectivity index (χ3n) is 2.51. The summed E-state index contributed by atoms with van der Waals surface area (Å²) in [6, 6.07) is 11.8. The number of aryl methyl sites for hydroxylation is 1. The molecule has 2 heteroatoms. The van der Waals surface area contributed by atoms with Crippen LogP contribution in [-0.4, -0.2) is 4.98 Å². The molecule has 2 N–H and O–H groups in total. The lowest BCUT2D eigenvalue weighted by atomic mass is 10.1. The third kappa shape index (κ3) is 1.96. The Morgan fingerprint density at radius 1 is 1.12 bits per heavy atom. The van der Waals surface area contributed by atoms with Crippen molar-refractivity contribution >= 4 is 11.8 Å². The van der Waals surface area contributed by atoms with Crippen molar-refractivity contribution in [2.75, 3.05) is 5.73 Å². The van der Waals surface area contributed by atoms with Crippen molar-refractivity contribution in [3.63, 3.8) is 0 Å². The highest BCUT2D eigenvalue weighted by atomic mass is 14.7. The topological polar surface area (TPSA) is 38.9 Å². The Labute approximate surface area is 95.5 Å². The van der Waals surface area contributed by atoms with Crippen LogP contribution in [0, 0.1) is 6.92 Å². The van der Waals surface area contributed by atoms with Crippen molar-refractivity contribution in [3.05, 3.63) is 54.2 Å². The van der Waals surface area contributed by atoms with E-state index in [1.807, 2.05) is 37.3 Å². The first-order valence-electron chi connectivity index (χ1n) is 5.16. The van der Waals surface area contributed by atoms with Crippen molar-refractivity contribution in [3.8, 4) is 11.3 Å². The molecule has 0 radical (unpaired) electrons. The molecule has 1 heterocycles. The number of nitrogens with two attached hydrogens (primary N) is 1. The van der Waals surface area contributed by atoms with Gasteiger partial charge in [-0.2, -0.15) is 0 Å². The molecule has 0 bridgehead atoms. The molecule has 0 aliphatic heterocycles. The molecule has 0 atom stereocenters. The van der Waals surface area contributed by atoms with Gasteiger partial charge in [-0.3, -0.25) is 0 Å². The van der Waals surface area contributed by atoms with Crippen LogP contribution in [-0.2, 0) is 0 Å². The Hall–Kier alpha value is -2.09. The highest BCUT2D eigenvalue weighted by molar-refractivity contribution is 5.66. The van der Waals surface area contributed by atoms with Gasteiger partial charge in [0.1, 0.15) is 0 Å². The summed E-state index contributed by atoms with van der Waals surface area (Å²) in [5.41, 5.74) is 10.5. The average Bonchev–Trinajstić information content (AvgIpc) is 2.31. The van der Waals surface area contributed by atoms with Crippen LogP contribution in [0.1, 0.15) is 11.3 Å². The van der Waals surface area contributed by atoms with Crippen LogP contribution >= 0.6 is 0 Å². The van der Waals surface area contributed by atoms with E-state index in [4.69, 9.17) is 5.73 Å². The molecule has 1 aromatic heterocycles. The maximum atomic E-state index is 5.66. The van der Waals surface area contributed by atoms with Gasteiger partial charge in [-0.25, -0.2) is 4.98 Å². The van der Waals surface area contributed by atoms with Gasteiger partial charge in [-0.1, -0.05) is 24.8 Å². The number of nitrogens with zero attached hydrogens (tertiary/aromatic N) is 1. The first kappa shape index (κ1) is 10.4. The van der Waals surface area contributed by atoms with E-state index in [0.717, 1.165) is 28.2 Å². The Balaban J connectivity index is 2.54. The minimum absolute atomic E-state index is 0.765. The standard InChI is InChI=1S/C14H14N2/c1-3-13-9-4-10(2)14(16-13)11-5-7-12(15)8-6-11/h3-9H,1,15H2,2H3. The molecule has 0 spiro atoms. The van der Waals surface area contributed by atoms with E-state index < -0.39 is 0 Å². The highest BCUT2D eigenvalue weighted by Gasteiger charge is 2.03. The molecule has 0 fully saturated rings. The zero-order chi connectivity index (χ0) is 11.5. The second-order valence-electron chi connectivity index (χ2n) is 3.73. The van der Waals surface area contributed by atoms with Gasteiger partial charge >= 0.3 is 0 Å². The van der Waals surface area contributed by atoms with Crippen LogP contribution in [0.4, 0.5) is 5.69 Å². The first-order chi connectivity index (χ1) is 7.70. The molecule has 2 rings (SSSR count). The predicted octanol–water partition coefficient (Wildman–Crippen LogP) is 3.28. The summed E-state index contributed by atoms with van der Waals surface area (Å²) < 4.78 is 0. The Kier molecular flexibility index (Phi) is 2.73. The summed E-state index contributed by atoms with van der Waals surface area (Å²) in [7, 11) is 0. The Bertz CT molecular complexity index is 513. The third-order valence-corrected chi connectivity index (χ3v) is 2.51. The van der Waals surface area contributed by atoms with E-state index >= 15 is 0 Å². The smallest absolute Gasteiger partial charge is 0.0738 e. The molecule has 0 saturated carbocycles. The highest BCUT2D eigenvalue weighted by Crippen LogP contribution is 2.22. The van der Waals surface area contributed by atoms with Gasteiger partial charge in [0.2, 0.25) is 0 Å². The second-order valence-corrected chi connectivity index (χ2v) is 3.73. The van der Waals surface area contributed by atoms with Crippen LogP contribution in [0.15, 0.2) is 43.0 Å². The average molecular weight is 210 g/mol. The number of aromatic nitrogens is 1. The molecule has 1 aromatic carbocycles. The van der Waals surface area contributed by atoms with Crippen LogP contribution in [0.3, 0.4) is 0 Å². The van der Waals surface area contributed by atoms with Crippen LogP contribution in [0.5, 0.6) is 0 Å². The van der Waals surface area contributed by atoms with Crippen molar-refractivity contribution in [2.45, 2.75) is 6.92 Å². The molecule has 0 amide bonds. The van der Waals surface area contributed by atoms with E-state index in [-0.39, 0.29) is 0 Å². The van der Waals surface area contributed by atoms with Crippen LogP contribution in [0.2, 0.25) is 0 Å². The predicted molar refractivity (Wildman–Crippen MR) is 68.9 cm³/mol. The Morgan fingerprint density at radius 2 is 1.81 bits per heavy atom. The van der Waals surface area contributed by atoms with E-state index in [9.17, 15) is 0 Å². The summed E-state index contributed by atoms with van der Waals surface area (Å²) in [6.45, 7) is 5.77. The maximum absolute atomic E-state index is 5.66. The minimum atomic E-state index is 0.765. The monoisotopic (exact) mass is 210 g/mol. The Morgan fingerprint density at radius 3 is 2.44 bits per heavy atom. The fourth-order valence-electron chi connectivity index (χ4n) is 1.59. The van der Waals surface area contributed by atoms with Crippen LogP contribution in [0.25, 0.3) is 17.3 Å². The molecule has 0 saturated heterocycles. The number of hydrogen-bond donors (Lipinski definition) is 1. The zero-order valence-electron chi connectivity index (χ0n) is 9.27. The lowest BCUT2D eigenvalue weighted by Crippen LogP contribution is -1.91. The number of hydrogen-bond acceptors (Lipinski definition) is 2. The molecule has 0 aliphatic carbocycles. The minimum Gasteiger partial charge on any atom is -0.399 e. The number of nitrogen functional groups attached to an aromatic ring is 1. The summed E-state index contributed by atoms with van der Waals surface area (Å²) >= 11 is 0. The molecule has 80 valence electrons. The van der Waals surface area contributed by atoms with Gasteiger partial charge < -0.3 is 5.73 Å². The van der Waals surface area contributed by atoms with Crippen molar-refractivity contribution in [1.29, 1.82) is 0 Å². The lowest BCUT2D eigenvalue weighted by Gasteiger charge is -2.06. The van der Waals surface area contributed by atoms with E-state index in [1.165, 1.54) is 0 Å². The van der Waals surface area contributed by atoms with Crippen molar-refractivity contribution in [1.82, 2.24) is 4.98 Å². The fraction of sp³-hybridized carbons (Fsp3) is 0.0714. The first-order valence-corrected chi connectivity index (χ1v) is 5.16. The van der Waals surface area contributed by atoms with Crippen LogP contribution < -0.4 is 5.73 Å². The largest absolute Gasteiger partial charge is 0.399 e. The lowest BCUT2D eigenvalue weighted by molar-refractivity contribution is 1.25. The summed E-state index contributed by atoms with van der Waals surface area (Å²) in [4.78, 5) is 4.53. The van der Waals surface area contributed by atoms with Gasteiger partial charge in [0.25, 0.3) is 0 Å². The summed E-state index contributed by atoms with van der Waals surface area (Å²) in [6.07, 6.45) is 1.75. The SMILES string of the molecule is C=Cc1ccc(C)c(-c2ccc(N)cc2)n1. The summed E-state index contributed by atoms with van der Waals surface area (Å²) in [5, 5.41) is 0. The number of pyridine rings is 1. The molecular formula is C14H14N2. The molecule has 2 nitrogen and oxygen atoms in total. The van der Waals surface area contributed by atoms with Gasteiger partial charge in [0.05, 0.1) is 11.4 Å². The van der Waals surface area contributed by atoms with Gasteiger partial charge in [-0.15, -0.1) is 0 Å². The van der Waals surface area contributed by atoms with Crippen molar-refractivity contribution < 1.29 is 0 Å². The van der Waals surface area contributed by atoms with Gasteiger partial charge in [-0.05, 0) is 36.8 Å². The molecular weight excluding hydrogens is 196 g/mol. The molecule has 2 aromatic rings. The quantitative estimate of drug-likeness (QED) is 0.772. The maximum Gasteiger partial charge on any atom is 0.0738 e. The van der Waals surface area contributed by atoms with E-state index in [2.05, 4.69) is 17.6 Å². The van der Waals surface area contributed by atoms with Crippen molar-refractivity contribution in [2.24, 2.45) is 0 Å². The zero-order valence-corrected chi connectivity index (χ0v) is 9.27. The summed E-state index contributed by atoms with van der Waals surface area (Å²) in [5.74, 6) is 0. The fourth-order valence-corrected chi connectivity index (χ4v) is 1.59. The number of anilines is 1. The van der Waals surface area contributed by atoms with E-state index in [0.29, 0.717) is 0 Å². The van der Waals surface area contributed by atoms with Gasteiger partial charge in [0.15, 0.2) is 0 Å². The van der Waals surface area contributed by atoms with Gasteiger partial charge in [0, 0.05) is 11.3 Å². The van der Waals surface area contributed by atoms with E-state index in [1.54, 1.807) is 6.08 Å². The number of benzene rings is 1. The second kappa shape index (κ2) is 4.19. The molecule has 0 unspecified atom stereocenters. The molecule has 16 heavy (non-hydrogen) atoms. The normalized spacial score (nSPS) is 10.1. The number of rotatable bonds is 2.